The molecule has 8 rings (SSSR count). The molecule has 2 fully saturated rings. The number of rotatable bonds is 11. The fraction of sp³-hybridized carbons (Fsp3) is 0.341. The summed E-state index contributed by atoms with van der Waals surface area (Å²) in [6.07, 6.45) is 3.74. The van der Waals surface area contributed by atoms with Gasteiger partial charge in [0.1, 0.15) is 22.8 Å². The van der Waals surface area contributed by atoms with Crippen LogP contribution in [0.5, 0.6) is 5.75 Å². The van der Waals surface area contributed by atoms with E-state index in [1.54, 1.807) is 11.0 Å². The van der Waals surface area contributed by atoms with E-state index in [4.69, 9.17) is 23.5 Å². The molecule has 1 aliphatic heterocycles. The molecule has 3 N–H and O–H groups in total. The number of carboxylic acid groups (broad SMARTS) is 1. The molecular formula is C41H40F2N4O6. The van der Waals surface area contributed by atoms with Crippen molar-refractivity contribution in [2.24, 2.45) is 0 Å². The van der Waals surface area contributed by atoms with Gasteiger partial charge < -0.3 is 29.1 Å². The number of aliphatic hydroxyl groups is 1. The fourth-order valence-electron chi connectivity index (χ4n) is 7.90. The third-order valence-electron chi connectivity index (χ3n) is 10.7. The van der Waals surface area contributed by atoms with Gasteiger partial charge in [0.25, 0.3) is 0 Å². The van der Waals surface area contributed by atoms with Gasteiger partial charge in [0, 0.05) is 41.9 Å². The van der Waals surface area contributed by atoms with Crippen molar-refractivity contribution in [1.82, 2.24) is 20.2 Å². The molecule has 6 aromatic rings. The van der Waals surface area contributed by atoms with Crippen LogP contribution < -0.4 is 10.1 Å². The fourth-order valence-corrected chi connectivity index (χ4v) is 7.90. The third kappa shape index (κ3) is 6.90. The molecule has 0 amide bonds. The van der Waals surface area contributed by atoms with Crippen molar-refractivity contribution in [3.8, 4) is 39.8 Å². The van der Waals surface area contributed by atoms with E-state index in [9.17, 15) is 23.8 Å². The number of carbonyl (C=O) groups is 1. The van der Waals surface area contributed by atoms with Gasteiger partial charge in [-0.1, -0.05) is 30.3 Å². The van der Waals surface area contributed by atoms with Crippen LogP contribution in [0.2, 0.25) is 0 Å². The van der Waals surface area contributed by atoms with Gasteiger partial charge in [-0.05, 0) is 111 Å². The molecule has 3 atom stereocenters. The minimum atomic E-state index is -3.06. The summed E-state index contributed by atoms with van der Waals surface area (Å²) in [5.74, 6) is -0.165. The van der Waals surface area contributed by atoms with Gasteiger partial charge >= 0.3 is 12.6 Å². The van der Waals surface area contributed by atoms with E-state index in [2.05, 4.69) is 5.32 Å². The quantitative estimate of drug-likeness (QED) is 0.120. The summed E-state index contributed by atoms with van der Waals surface area (Å²) in [6, 6.07) is 20.3. The number of halogens is 2. The number of fused-ring (bicyclic) bond motifs is 2. The Balaban J connectivity index is 1.09. The molecule has 0 unspecified atom stereocenters. The van der Waals surface area contributed by atoms with Crippen LogP contribution >= 0.6 is 0 Å². The molecule has 3 heterocycles. The zero-order chi connectivity index (χ0) is 36.8. The number of hydrogen-bond acceptors (Lipinski definition) is 9. The lowest BCUT2D eigenvalue weighted by Crippen LogP contribution is -2.35. The van der Waals surface area contributed by atoms with Crippen LogP contribution in [0.25, 0.3) is 56.2 Å². The Morgan fingerprint density at radius 3 is 2.19 bits per heavy atom. The van der Waals surface area contributed by atoms with Crippen molar-refractivity contribution >= 4 is 28.2 Å². The van der Waals surface area contributed by atoms with Crippen molar-refractivity contribution in [2.75, 3.05) is 6.54 Å². The lowest BCUT2D eigenvalue weighted by molar-refractivity contribution is -0.142. The first-order valence-corrected chi connectivity index (χ1v) is 18.0. The monoisotopic (exact) mass is 722 g/mol. The minimum absolute atomic E-state index is 0.0693. The van der Waals surface area contributed by atoms with Crippen LogP contribution in [0, 0.1) is 13.8 Å². The summed E-state index contributed by atoms with van der Waals surface area (Å²) in [5, 5.41) is 23.3. The second-order valence-electron chi connectivity index (χ2n) is 14.1. The molecule has 0 spiro atoms. The highest BCUT2D eigenvalue weighted by atomic mass is 19.3. The van der Waals surface area contributed by atoms with Gasteiger partial charge in [-0.25, -0.2) is 9.97 Å². The summed E-state index contributed by atoms with van der Waals surface area (Å²) >= 11 is 0. The van der Waals surface area contributed by atoms with Gasteiger partial charge in [-0.15, -0.1) is 0 Å². The second kappa shape index (κ2) is 14.3. The van der Waals surface area contributed by atoms with E-state index in [0.717, 1.165) is 63.7 Å². The number of ether oxygens (including phenoxy) is 1. The van der Waals surface area contributed by atoms with Crippen molar-refractivity contribution in [1.29, 1.82) is 0 Å². The zero-order valence-corrected chi connectivity index (χ0v) is 29.4. The molecule has 10 nitrogen and oxygen atoms in total. The van der Waals surface area contributed by atoms with Crippen LogP contribution in [-0.4, -0.2) is 62.4 Å². The topological polar surface area (TPSA) is 134 Å². The number of carboxylic acids is 1. The molecule has 53 heavy (non-hydrogen) atoms. The van der Waals surface area contributed by atoms with Crippen LogP contribution in [0.15, 0.2) is 75.6 Å². The molecule has 274 valence electrons. The van der Waals surface area contributed by atoms with E-state index in [1.165, 1.54) is 6.07 Å². The van der Waals surface area contributed by atoms with Crippen LogP contribution in [0.1, 0.15) is 54.4 Å². The summed E-state index contributed by atoms with van der Waals surface area (Å²) in [7, 11) is 0. The smallest absolute Gasteiger partial charge is 0.387 e. The summed E-state index contributed by atoms with van der Waals surface area (Å²) < 4.78 is 44.2. The van der Waals surface area contributed by atoms with Gasteiger partial charge in [0.2, 0.25) is 11.8 Å². The van der Waals surface area contributed by atoms with Gasteiger partial charge in [-0.3, -0.25) is 9.69 Å². The predicted molar refractivity (Wildman–Crippen MR) is 196 cm³/mol. The number of alkyl halides is 2. The first-order valence-electron chi connectivity index (χ1n) is 18.0. The van der Waals surface area contributed by atoms with E-state index < -0.39 is 18.6 Å². The average Bonchev–Trinajstić information content (AvgIpc) is 3.94. The molecular weight excluding hydrogens is 682 g/mol. The number of hydrogen-bond donors (Lipinski definition) is 3. The molecule has 1 saturated carbocycles. The van der Waals surface area contributed by atoms with Crippen molar-refractivity contribution in [3.05, 3.63) is 89.0 Å². The normalized spacial score (nSPS) is 19.2. The zero-order valence-electron chi connectivity index (χ0n) is 29.4. The molecule has 12 heteroatoms. The van der Waals surface area contributed by atoms with Gasteiger partial charge in [0.05, 0.1) is 6.10 Å². The van der Waals surface area contributed by atoms with Crippen LogP contribution in [-0.2, 0) is 17.9 Å². The SMILES string of the molecule is Cc1c(-c2nc3cc(CN[C@H]4CCC[C@H]4O)ccc3o2)cccc1-c1cccc(-c2nc3cc(CN4CCC[C@H]4C(=O)O)c(OC(F)F)cc3o2)c1C. The number of aromatic nitrogens is 2. The standard InChI is InChI=1S/C41H40F2N4O6/c1-22-26(7-3-9-28(22)38-45-31-17-24(14-15-35(31)51-38)20-44-30-11-5-13-34(30)48)27-8-4-10-29(23(27)2)39-46-32-18-25(21-47-16-6-12-33(47)40(49)50)36(53-41(42)43)19-37(32)52-39/h3-4,7-10,14-15,17-19,30,33-34,41,44,48H,5-6,11-13,16,20-21H2,1-2H3,(H,49,50)/t30-,33-,34+/m0/s1. The Hall–Kier alpha value is -5.17. The maximum atomic E-state index is 13.5. The summed E-state index contributed by atoms with van der Waals surface area (Å²) in [6.45, 7) is 2.27. The number of likely N-dealkylation sites (tertiary alicyclic amines) is 1. The molecule has 1 saturated heterocycles. The molecule has 2 aliphatic rings. The van der Waals surface area contributed by atoms with E-state index in [-0.39, 0.29) is 30.0 Å². The lowest BCUT2D eigenvalue weighted by Gasteiger charge is -2.22. The minimum Gasteiger partial charge on any atom is -0.480 e. The molecule has 2 aromatic heterocycles. The summed E-state index contributed by atoms with van der Waals surface area (Å²) in [5.41, 5.74) is 9.10. The molecule has 4 aromatic carbocycles. The van der Waals surface area contributed by atoms with E-state index in [0.29, 0.717) is 54.4 Å². The Kier molecular flexibility index (Phi) is 9.44. The van der Waals surface area contributed by atoms with Crippen molar-refractivity contribution in [3.63, 3.8) is 0 Å². The van der Waals surface area contributed by atoms with E-state index in [1.807, 2.05) is 68.4 Å². The Bertz CT molecular complexity index is 2320. The number of nitrogens with zero attached hydrogens (tertiary/aromatic N) is 3. The second-order valence-corrected chi connectivity index (χ2v) is 14.1. The highest BCUT2D eigenvalue weighted by Crippen LogP contribution is 2.39. The predicted octanol–water partition coefficient (Wildman–Crippen LogP) is 8.24. The van der Waals surface area contributed by atoms with Gasteiger partial charge in [-0.2, -0.15) is 8.78 Å². The maximum absolute atomic E-state index is 13.5. The van der Waals surface area contributed by atoms with Crippen molar-refractivity contribution < 1.29 is 37.4 Å². The number of aliphatic hydroxyl groups excluding tert-OH is 1. The Morgan fingerprint density at radius 1 is 0.887 bits per heavy atom. The third-order valence-corrected chi connectivity index (χ3v) is 10.7. The Labute approximate surface area is 304 Å². The summed E-state index contributed by atoms with van der Waals surface area (Å²) in [4.78, 5) is 23.2. The highest BCUT2D eigenvalue weighted by Gasteiger charge is 2.32. The van der Waals surface area contributed by atoms with Gasteiger partial charge in [0.15, 0.2) is 11.2 Å². The number of oxazole rings is 2. The van der Waals surface area contributed by atoms with Crippen LogP contribution in [0.3, 0.4) is 0 Å². The average molecular weight is 723 g/mol. The van der Waals surface area contributed by atoms with Crippen LogP contribution in [0.4, 0.5) is 8.78 Å². The van der Waals surface area contributed by atoms with E-state index >= 15 is 0 Å². The molecule has 0 radical (unpaired) electrons. The molecule has 1 aliphatic carbocycles. The molecule has 0 bridgehead atoms. The first kappa shape index (κ1) is 34.9. The van der Waals surface area contributed by atoms with Crippen molar-refractivity contribution in [2.45, 2.75) is 83.8 Å². The number of aliphatic carboxylic acids is 1. The Morgan fingerprint density at radius 2 is 1.55 bits per heavy atom. The maximum Gasteiger partial charge on any atom is 0.387 e. The lowest BCUT2D eigenvalue weighted by atomic mass is 9.91. The largest absolute Gasteiger partial charge is 0.480 e. The highest BCUT2D eigenvalue weighted by molar-refractivity contribution is 5.85. The number of nitrogens with one attached hydrogen (secondary N) is 1. The first-order chi connectivity index (χ1) is 25.6. The number of benzene rings is 4.